The molecule has 2 N–H and O–H groups in total. The molecule has 2 aliphatic heterocycles. The minimum absolute atomic E-state index is 0.0540. The summed E-state index contributed by atoms with van der Waals surface area (Å²) in [4.78, 5) is 114. The van der Waals surface area contributed by atoms with Gasteiger partial charge < -0.3 is 52.7 Å². The number of aromatic nitrogens is 2. The number of ether oxygens (including phenoxy) is 8. The maximum atomic E-state index is 14.7. The first-order valence-corrected chi connectivity index (χ1v) is 21.3. The SMILES string of the molecule is CC(=O)OC1C(OC(=O)C(C)C)C2C(O)C34OC2(C)COC(=O)c2cnccc2C(C)C(C)C(=O)OC(C(OC(=O)c2ccc(=O)n(C)c2)C(OC(C)=O)C13COC(=O)C(C)C)C4(C)O. The summed E-state index contributed by atoms with van der Waals surface area (Å²) in [7, 11) is 1.36. The Labute approximate surface area is 374 Å². The number of aliphatic hydroxyl groups is 2. The Hall–Kier alpha value is -5.73. The van der Waals surface area contributed by atoms with E-state index >= 15 is 0 Å². The minimum Gasteiger partial charge on any atom is -0.464 e. The molecule has 13 unspecified atom stereocenters. The van der Waals surface area contributed by atoms with Crippen molar-refractivity contribution in [2.45, 2.75) is 129 Å². The van der Waals surface area contributed by atoms with Crippen molar-refractivity contribution in [3.8, 4) is 0 Å². The number of esters is 7. The Morgan fingerprint density at radius 1 is 0.877 bits per heavy atom. The van der Waals surface area contributed by atoms with Crippen molar-refractivity contribution in [1.29, 1.82) is 0 Å². The molecule has 0 radical (unpaired) electrons. The highest BCUT2D eigenvalue weighted by molar-refractivity contribution is 5.91. The van der Waals surface area contributed by atoms with E-state index in [1.54, 1.807) is 6.92 Å². The highest BCUT2D eigenvalue weighted by Gasteiger charge is 2.91. The second kappa shape index (κ2) is 17.6. The van der Waals surface area contributed by atoms with E-state index in [0.29, 0.717) is 5.56 Å². The van der Waals surface area contributed by atoms with E-state index in [9.17, 15) is 48.6 Å². The van der Waals surface area contributed by atoms with E-state index in [1.807, 2.05) is 0 Å². The molecular weight excluding hydrogens is 856 g/mol. The molecule has 1 saturated heterocycles. The summed E-state index contributed by atoms with van der Waals surface area (Å²) < 4.78 is 50.8. The van der Waals surface area contributed by atoms with Crippen LogP contribution in [0.15, 0.2) is 41.6 Å². The number of carbonyl (C=O) groups excluding carboxylic acids is 7. The maximum Gasteiger partial charge on any atom is 0.340 e. The number of aliphatic hydroxyl groups excluding tert-OH is 1. The van der Waals surface area contributed by atoms with Gasteiger partial charge in [-0.25, -0.2) is 9.59 Å². The average Bonchev–Trinajstić information content (AvgIpc) is 3.43. The van der Waals surface area contributed by atoms with Crippen molar-refractivity contribution in [3.05, 3.63) is 63.8 Å². The van der Waals surface area contributed by atoms with Gasteiger partial charge >= 0.3 is 41.8 Å². The lowest BCUT2D eigenvalue weighted by molar-refractivity contribution is -0.386. The number of pyridine rings is 2. The molecule has 6 rings (SSSR count). The molecule has 0 aromatic carbocycles. The van der Waals surface area contributed by atoms with Crippen molar-refractivity contribution in [3.63, 3.8) is 0 Å². The predicted molar refractivity (Wildman–Crippen MR) is 219 cm³/mol. The fourth-order valence-electron chi connectivity index (χ4n) is 9.94. The molecule has 2 aliphatic carbocycles. The Morgan fingerprint density at radius 3 is 2.08 bits per heavy atom. The van der Waals surface area contributed by atoms with Crippen LogP contribution in [-0.4, -0.2) is 128 Å². The van der Waals surface area contributed by atoms with Gasteiger partial charge in [0, 0.05) is 45.6 Å². The van der Waals surface area contributed by atoms with E-state index < -0.39 is 149 Å². The zero-order valence-corrected chi connectivity index (χ0v) is 38.0. The Balaban J connectivity index is 1.77. The van der Waals surface area contributed by atoms with Gasteiger partial charge in [0.15, 0.2) is 24.4 Å². The summed E-state index contributed by atoms with van der Waals surface area (Å²) in [6, 6.07) is 3.70. The second-order valence-electron chi connectivity index (χ2n) is 18.4. The van der Waals surface area contributed by atoms with Gasteiger partial charge in [-0.2, -0.15) is 0 Å². The number of hydrogen-bond acceptors (Lipinski definition) is 19. The molecule has 0 amide bonds. The summed E-state index contributed by atoms with van der Waals surface area (Å²) in [5.41, 5.74) is -11.0. The van der Waals surface area contributed by atoms with Crippen molar-refractivity contribution >= 4 is 41.8 Å². The van der Waals surface area contributed by atoms with Crippen molar-refractivity contribution in [1.82, 2.24) is 9.55 Å². The van der Waals surface area contributed by atoms with Crippen LogP contribution in [0.2, 0.25) is 0 Å². The number of rotatable bonds is 9. The van der Waals surface area contributed by atoms with Crippen LogP contribution < -0.4 is 5.56 Å². The van der Waals surface area contributed by atoms with Crippen LogP contribution >= 0.6 is 0 Å². The lowest BCUT2D eigenvalue weighted by atomic mass is 9.45. The molecule has 13 atom stereocenters. The Morgan fingerprint density at radius 2 is 1.49 bits per heavy atom. The van der Waals surface area contributed by atoms with Crippen molar-refractivity contribution < 1.29 is 81.7 Å². The van der Waals surface area contributed by atoms with Gasteiger partial charge in [0.1, 0.15) is 41.5 Å². The third kappa shape index (κ3) is 7.96. The van der Waals surface area contributed by atoms with Crippen LogP contribution in [0.25, 0.3) is 0 Å². The Kier molecular flexibility index (Phi) is 13.2. The van der Waals surface area contributed by atoms with E-state index in [2.05, 4.69) is 4.98 Å². The Bertz CT molecular complexity index is 2320. The fourth-order valence-corrected chi connectivity index (χ4v) is 9.94. The summed E-state index contributed by atoms with van der Waals surface area (Å²) in [5, 5.41) is 26.8. The molecule has 4 heterocycles. The average molecular weight is 913 g/mol. The predicted octanol–water partition coefficient (Wildman–Crippen LogP) is 1.73. The lowest BCUT2D eigenvalue weighted by Gasteiger charge is -2.67. The first kappa shape index (κ1) is 48.7. The normalized spacial score (nSPS) is 35.2. The zero-order valence-electron chi connectivity index (χ0n) is 38.0. The first-order valence-electron chi connectivity index (χ1n) is 21.3. The molecule has 1 spiro atoms. The number of aryl methyl sites for hydroxylation is 1. The van der Waals surface area contributed by atoms with Gasteiger partial charge in [-0.3, -0.25) is 33.8 Å². The number of carbonyl (C=O) groups is 7. The summed E-state index contributed by atoms with van der Waals surface area (Å²) >= 11 is 0. The molecule has 4 bridgehead atoms. The van der Waals surface area contributed by atoms with E-state index in [1.165, 1.54) is 67.1 Å². The largest absolute Gasteiger partial charge is 0.464 e. The molecule has 354 valence electrons. The summed E-state index contributed by atoms with van der Waals surface area (Å²) in [5.74, 6) is -12.5. The monoisotopic (exact) mass is 912 g/mol. The number of hydrogen-bond donors (Lipinski definition) is 2. The topological polar surface area (TPSA) is 269 Å². The van der Waals surface area contributed by atoms with Crippen LogP contribution in [0.4, 0.5) is 0 Å². The third-order valence-electron chi connectivity index (χ3n) is 13.3. The third-order valence-corrected chi connectivity index (χ3v) is 13.3. The van der Waals surface area contributed by atoms with Crippen molar-refractivity contribution in [2.24, 2.45) is 36.1 Å². The van der Waals surface area contributed by atoms with Gasteiger partial charge in [0.2, 0.25) is 5.56 Å². The van der Waals surface area contributed by atoms with Crippen LogP contribution in [0.3, 0.4) is 0 Å². The molecule has 2 aromatic heterocycles. The van der Waals surface area contributed by atoms with Gasteiger partial charge in [-0.1, -0.05) is 41.5 Å². The standard InChI is InChI=1S/C45H56N2O18/c1-20(2)37(52)59-19-44-35(60-24(7)48)31(62-38(53)21(3)4)30-33(51)45(44)43(10,57)34(32(36(44)61-25(8)49)63-40(55)26-12-13-29(50)47(11)17-26)64-39(54)23(6)22(5)27-14-15-46-16-28(27)41(56)58-18-42(30,9)65-45/h12-17,20-23,30-36,51,57H,18-19H2,1-11H3. The lowest BCUT2D eigenvalue weighted by Crippen LogP contribution is -2.89. The fraction of sp³-hybridized carbons (Fsp3) is 0.622. The van der Waals surface area contributed by atoms with Gasteiger partial charge in [-0.15, -0.1) is 0 Å². The van der Waals surface area contributed by atoms with Crippen LogP contribution in [-0.2, 0) is 68.9 Å². The quantitative estimate of drug-likeness (QED) is 0.268. The van der Waals surface area contributed by atoms with Gasteiger partial charge in [-0.05, 0) is 37.5 Å². The van der Waals surface area contributed by atoms with Gasteiger partial charge in [0.25, 0.3) is 0 Å². The van der Waals surface area contributed by atoms with Crippen LogP contribution in [0.1, 0.15) is 101 Å². The zero-order chi connectivity index (χ0) is 48.3. The minimum atomic E-state index is -2.90. The smallest absolute Gasteiger partial charge is 0.340 e. The highest BCUT2D eigenvalue weighted by atomic mass is 16.7. The molecule has 3 fully saturated rings. The number of nitrogens with zero attached hydrogens (tertiary/aromatic N) is 2. The highest BCUT2D eigenvalue weighted by Crippen LogP contribution is 2.69. The van der Waals surface area contributed by atoms with E-state index in [4.69, 9.17) is 37.9 Å². The first-order chi connectivity index (χ1) is 30.3. The maximum absolute atomic E-state index is 14.7. The second-order valence-corrected chi connectivity index (χ2v) is 18.4. The van der Waals surface area contributed by atoms with E-state index in [0.717, 1.165) is 43.7 Å². The molecular formula is C45H56N2O18. The molecule has 4 aliphatic rings. The molecule has 2 aromatic rings. The van der Waals surface area contributed by atoms with Crippen LogP contribution in [0, 0.1) is 29.1 Å². The van der Waals surface area contributed by atoms with Crippen molar-refractivity contribution in [2.75, 3.05) is 13.2 Å². The number of fused-ring (bicyclic) bond motifs is 5. The molecule has 2 saturated carbocycles. The van der Waals surface area contributed by atoms with Crippen LogP contribution in [0.5, 0.6) is 0 Å². The summed E-state index contributed by atoms with van der Waals surface area (Å²) in [6.45, 7) is 11.6. The van der Waals surface area contributed by atoms with Gasteiger partial charge in [0.05, 0.1) is 40.9 Å². The molecule has 20 nitrogen and oxygen atoms in total. The molecule has 65 heavy (non-hydrogen) atoms. The summed E-state index contributed by atoms with van der Waals surface area (Å²) in [6.07, 6.45) is -8.93. The van der Waals surface area contributed by atoms with E-state index in [-0.39, 0.29) is 11.1 Å². The molecule has 20 heteroatoms. The number of cyclic esters (lactones) is 1.